The van der Waals surface area contributed by atoms with Gasteiger partial charge < -0.3 is 14.2 Å². The lowest BCUT2D eigenvalue weighted by atomic mass is 10.2. The molecule has 0 aliphatic heterocycles. The van der Waals surface area contributed by atoms with Gasteiger partial charge in [0.2, 0.25) is 0 Å². The minimum absolute atomic E-state index is 0.452. The second-order valence-corrected chi connectivity index (χ2v) is 5.16. The first-order valence-corrected chi connectivity index (χ1v) is 7.24. The van der Waals surface area contributed by atoms with Crippen molar-refractivity contribution in [3.63, 3.8) is 0 Å². The molecule has 3 nitrogen and oxygen atoms in total. The first-order valence-electron chi connectivity index (χ1n) is 5.91. The highest BCUT2D eigenvalue weighted by Crippen LogP contribution is 2.32. The van der Waals surface area contributed by atoms with Crippen molar-refractivity contribution < 1.29 is 14.2 Å². The Morgan fingerprint density at radius 3 is 2.00 bits per heavy atom. The molecule has 0 atom stereocenters. The number of hydrogen-bond donors (Lipinski definition) is 0. The molecule has 0 saturated heterocycles. The van der Waals surface area contributed by atoms with Gasteiger partial charge in [-0.1, -0.05) is 22.0 Å². The average Bonchev–Trinajstić information content (AvgIpc) is 2.47. The maximum Gasteiger partial charge on any atom is 0.134 e. The fourth-order valence-electron chi connectivity index (χ4n) is 1.68. The van der Waals surface area contributed by atoms with Gasteiger partial charge in [-0.2, -0.15) is 0 Å². The second-order valence-electron chi connectivity index (χ2n) is 4.04. The van der Waals surface area contributed by atoms with Crippen molar-refractivity contribution in [1.29, 1.82) is 0 Å². The Morgan fingerprint density at radius 1 is 0.900 bits per heavy atom. The zero-order chi connectivity index (χ0) is 14.5. The summed E-state index contributed by atoms with van der Waals surface area (Å²) in [5, 5.41) is 0. The van der Waals surface area contributed by atoms with Crippen LogP contribution in [0.3, 0.4) is 0 Å². The molecule has 0 amide bonds. The van der Waals surface area contributed by atoms with Crippen LogP contribution in [0.2, 0.25) is 0 Å². The quantitative estimate of drug-likeness (QED) is 0.705. The van der Waals surface area contributed by atoms with Crippen LogP contribution in [0.5, 0.6) is 23.0 Å². The largest absolute Gasteiger partial charge is 0.496 e. The molecule has 0 spiro atoms. The fourth-order valence-corrected chi connectivity index (χ4v) is 2.57. The SMILES string of the molecule is COc1cc(OC)cc(Oc2ccc(CCl)c(Br)c2)c1. The van der Waals surface area contributed by atoms with Crippen LogP contribution < -0.4 is 14.2 Å². The van der Waals surface area contributed by atoms with E-state index < -0.39 is 0 Å². The highest BCUT2D eigenvalue weighted by Gasteiger charge is 2.06. The van der Waals surface area contributed by atoms with Crippen molar-refractivity contribution in [3.8, 4) is 23.0 Å². The lowest BCUT2D eigenvalue weighted by molar-refractivity contribution is 0.386. The summed E-state index contributed by atoms with van der Waals surface area (Å²) in [5.74, 6) is 3.16. The summed E-state index contributed by atoms with van der Waals surface area (Å²) in [5.41, 5.74) is 1.02. The third kappa shape index (κ3) is 3.58. The third-order valence-corrected chi connectivity index (χ3v) is 3.76. The summed E-state index contributed by atoms with van der Waals surface area (Å²) in [4.78, 5) is 0. The highest BCUT2D eigenvalue weighted by atomic mass is 79.9. The van der Waals surface area contributed by atoms with E-state index in [9.17, 15) is 0 Å². The van der Waals surface area contributed by atoms with Gasteiger partial charge in [0.1, 0.15) is 23.0 Å². The maximum atomic E-state index is 5.82. The van der Waals surface area contributed by atoms with Gasteiger partial charge in [0.05, 0.1) is 14.2 Å². The van der Waals surface area contributed by atoms with E-state index in [-0.39, 0.29) is 0 Å². The number of methoxy groups -OCH3 is 2. The van der Waals surface area contributed by atoms with Gasteiger partial charge in [0.25, 0.3) is 0 Å². The zero-order valence-corrected chi connectivity index (χ0v) is 13.5. The lowest BCUT2D eigenvalue weighted by Gasteiger charge is -2.11. The van der Waals surface area contributed by atoms with E-state index in [1.807, 2.05) is 18.2 Å². The Labute approximate surface area is 131 Å². The van der Waals surface area contributed by atoms with Gasteiger partial charge in [0, 0.05) is 28.6 Å². The second kappa shape index (κ2) is 6.86. The predicted molar refractivity (Wildman–Crippen MR) is 83.3 cm³/mol. The van der Waals surface area contributed by atoms with Gasteiger partial charge in [-0.3, -0.25) is 0 Å². The topological polar surface area (TPSA) is 27.7 Å². The summed E-state index contributed by atoms with van der Waals surface area (Å²) in [6, 6.07) is 11.1. The first kappa shape index (κ1) is 15.0. The van der Waals surface area contributed by atoms with E-state index >= 15 is 0 Å². The molecule has 0 saturated carbocycles. The van der Waals surface area contributed by atoms with Crippen molar-refractivity contribution >= 4 is 27.5 Å². The molecule has 0 aromatic heterocycles. The first-order chi connectivity index (χ1) is 9.66. The summed E-state index contributed by atoms with van der Waals surface area (Å²) in [6.07, 6.45) is 0. The van der Waals surface area contributed by atoms with Crippen LogP contribution in [0.15, 0.2) is 40.9 Å². The van der Waals surface area contributed by atoms with Crippen molar-refractivity contribution in [1.82, 2.24) is 0 Å². The molecule has 106 valence electrons. The molecular weight excluding hydrogens is 344 g/mol. The Bertz CT molecular complexity index is 579. The molecule has 0 N–H and O–H groups in total. The number of benzene rings is 2. The molecule has 0 aliphatic carbocycles. The number of alkyl halides is 1. The molecule has 2 rings (SSSR count). The Hall–Kier alpha value is -1.39. The van der Waals surface area contributed by atoms with Gasteiger partial charge in [-0.25, -0.2) is 0 Å². The molecule has 0 aliphatic rings. The Balaban J connectivity index is 2.27. The van der Waals surface area contributed by atoms with Crippen LogP contribution >= 0.6 is 27.5 Å². The Morgan fingerprint density at radius 2 is 1.50 bits per heavy atom. The van der Waals surface area contributed by atoms with Crippen molar-refractivity contribution in [2.24, 2.45) is 0 Å². The molecule has 0 radical (unpaired) electrons. The standard InChI is InChI=1S/C15H14BrClO3/c1-18-12-5-13(19-2)7-14(6-12)20-11-4-3-10(9-17)15(16)8-11/h3-8H,9H2,1-2H3. The number of rotatable bonds is 5. The molecule has 0 unspecified atom stereocenters. The van der Waals surface area contributed by atoms with Crippen LogP contribution in [-0.2, 0) is 5.88 Å². The Kier molecular flexibility index (Phi) is 5.15. The van der Waals surface area contributed by atoms with Crippen LogP contribution in [0, 0.1) is 0 Å². The van der Waals surface area contributed by atoms with Gasteiger partial charge >= 0.3 is 0 Å². The van der Waals surface area contributed by atoms with E-state index in [4.69, 9.17) is 25.8 Å². The molecule has 0 bridgehead atoms. The van der Waals surface area contributed by atoms with Crippen molar-refractivity contribution in [2.75, 3.05) is 14.2 Å². The summed E-state index contributed by atoms with van der Waals surface area (Å²) < 4.78 is 17.1. The van der Waals surface area contributed by atoms with Crippen molar-refractivity contribution in [2.45, 2.75) is 5.88 Å². The molecule has 0 fully saturated rings. The van der Waals surface area contributed by atoms with Gasteiger partial charge in [-0.05, 0) is 17.7 Å². The highest BCUT2D eigenvalue weighted by molar-refractivity contribution is 9.10. The minimum Gasteiger partial charge on any atom is -0.496 e. The van der Waals surface area contributed by atoms with Crippen LogP contribution in [0.1, 0.15) is 5.56 Å². The summed E-state index contributed by atoms with van der Waals surface area (Å²) >= 11 is 9.28. The minimum atomic E-state index is 0.452. The van der Waals surface area contributed by atoms with E-state index in [1.165, 1.54) is 0 Å². The average molecular weight is 358 g/mol. The smallest absolute Gasteiger partial charge is 0.134 e. The molecular formula is C15H14BrClO3. The van der Waals surface area contributed by atoms with Crippen LogP contribution in [0.4, 0.5) is 0 Å². The third-order valence-electron chi connectivity index (χ3n) is 2.73. The van der Waals surface area contributed by atoms with Crippen LogP contribution in [-0.4, -0.2) is 14.2 Å². The van der Waals surface area contributed by atoms with E-state index in [0.717, 1.165) is 10.0 Å². The normalized spacial score (nSPS) is 10.2. The monoisotopic (exact) mass is 356 g/mol. The molecule has 0 heterocycles. The predicted octanol–water partition coefficient (Wildman–Crippen LogP) is 5.00. The van der Waals surface area contributed by atoms with E-state index in [0.29, 0.717) is 28.9 Å². The van der Waals surface area contributed by atoms with Gasteiger partial charge in [0.15, 0.2) is 0 Å². The molecule has 20 heavy (non-hydrogen) atoms. The molecule has 5 heteroatoms. The van der Waals surface area contributed by atoms with E-state index in [1.54, 1.807) is 32.4 Å². The molecule has 2 aromatic rings. The van der Waals surface area contributed by atoms with Crippen LogP contribution in [0.25, 0.3) is 0 Å². The lowest BCUT2D eigenvalue weighted by Crippen LogP contribution is -1.91. The van der Waals surface area contributed by atoms with Crippen molar-refractivity contribution in [3.05, 3.63) is 46.4 Å². The number of halogens is 2. The summed E-state index contributed by atoms with van der Waals surface area (Å²) in [7, 11) is 3.20. The summed E-state index contributed by atoms with van der Waals surface area (Å²) in [6.45, 7) is 0. The number of hydrogen-bond acceptors (Lipinski definition) is 3. The van der Waals surface area contributed by atoms with E-state index in [2.05, 4.69) is 15.9 Å². The maximum absolute atomic E-state index is 5.82. The number of ether oxygens (including phenoxy) is 3. The van der Waals surface area contributed by atoms with Gasteiger partial charge in [-0.15, -0.1) is 11.6 Å². The molecule has 2 aromatic carbocycles. The zero-order valence-electron chi connectivity index (χ0n) is 11.2. The fraction of sp³-hybridized carbons (Fsp3) is 0.200.